The Morgan fingerprint density at radius 3 is 2.10 bits per heavy atom. The molecule has 0 aliphatic heterocycles. The number of carbonyl (C=O) groups excluding carboxylic acids is 2. The summed E-state index contributed by atoms with van der Waals surface area (Å²) in [4.78, 5) is 23.0. The summed E-state index contributed by atoms with van der Waals surface area (Å²) in [6.07, 6.45) is 0. The summed E-state index contributed by atoms with van der Waals surface area (Å²) in [7, 11) is 0. The van der Waals surface area contributed by atoms with Crippen LogP contribution in [0.2, 0.25) is 0 Å². The first-order chi connectivity index (χ1) is 10.2. The molecule has 2 rings (SSSR count). The highest BCUT2D eigenvalue weighted by molar-refractivity contribution is 5.96. The summed E-state index contributed by atoms with van der Waals surface area (Å²) in [6, 6.07) is 17.4. The van der Waals surface area contributed by atoms with Crippen molar-refractivity contribution in [3.05, 3.63) is 71.8 Å². The smallest absolute Gasteiger partial charge is 0.318 e. The summed E-state index contributed by atoms with van der Waals surface area (Å²) in [5, 5.41) is 5.25. The van der Waals surface area contributed by atoms with Crippen molar-refractivity contribution < 1.29 is 9.59 Å². The molecule has 0 unspecified atom stereocenters. The second-order valence-corrected chi connectivity index (χ2v) is 4.56. The Bertz CT molecular complexity index is 599. The Balaban J connectivity index is 2.12. The van der Waals surface area contributed by atoms with E-state index < -0.39 is 18.0 Å². The molecule has 0 aromatic heterocycles. The van der Waals surface area contributed by atoms with Crippen LogP contribution in [-0.2, 0) is 11.3 Å². The molecule has 5 heteroatoms. The lowest BCUT2D eigenvalue weighted by molar-refractivity contribution is -0.122. The minimum atomic E-state index is -0.859. The van der Waals surface area contributed by atoms with Gasteiger partial charge in [-0.1, -0.05) is 60.7 Å². The number of nitrogens with two attached hydrogens (primary N) is 1. The highest BCUT2D eigenvalue weighted by Gasteiger charge is 2.20. The molecule has 5 nitrogen and oxygen atoms in total. The molecule has 0 spiro atoms. The third kappa shape index (κ3) is 4.43. The molecule has 0 bridgehead atoms. The molecule has 0 aliphatic rings. The number of amides is 3. The Morgan fingerprint density at radius 2 is 1.52 bits per heavy atom. The van der Waals surface area contributed by atoms with Crippen LogP contribution in [-0.4, -0.2) is 11.9 Å². The van der Waals surface area contributed by atoms with E-state index >= 15 is 0 Å². The van der Waals surface area contributed by atoms with Crippen LogP contribution in [0, 0.1) is 0 Å². The van der Waals surface area contributed by atoms with Gasteiger partial charge in [-0.2, -0.15) is 0 Å². The van der Waals surface area contributed by atoms with Crippen LogP contribution in [0.1, 0.15) is 17.2 Å². The monoisotopic (exact) mass is 283 g/mol. The van der Waals surface area contributed by atoms with Gasteiger partial charge in [-0.05, 0) is 11.1 Å². The van der Waals surface area contributed by atoms with Crippen molar-refractivity contribution in [2.45, 2.75) is 12.6 Å². The van der Waals surface area contributed by atoms with E-state index in [1.54, 1.807) is 0 Å². The van der Waals surface area contributed by atoms with E-state index in [2.05, 4.69) is 10.6 Å². The number of hydrogen-bond acceptors (Lipinski definition) is 3. The van der Waals surface area contributed by atoms with Gasteiger partial charge in [0.05, 0.1) is 0 Å². The molecular weight excluding hydrogens is 266 g/mol. The average Bonchev–Trinajstić information content (AvgIpc) is 2.49. The van der Waals surface area contributed by atoms with E-state index in [0.29, 0.717) is 6.54 Å². The van der Waals surface area contributed by atoms with Crippen molar-refractivity contribution in [3.8, 4) is 0 Å². The first-order valence-corrected chi connectivity index (χ1v) is 6.59. The highest BCUT2D eigenvalue weighted by atomic mass is 16.2. The van der Waals surface area contributed by atoms with E-state index in [9.17, 15) is 9.59 Å². The fourth-order valence-corrected chi connectivity index (χ4v) is 2.02. The zero-order valence-corrected chi connectivity index (χ0v) is 11.5. The molecule has 2 aromatic rings. The zero-order valence-electron chi connectivity index (χ0n) is 11.5. The number of primary amides is 1. The maximum Gasteiger partial charge on any atom is 0.318 e. The lowest BCUT2D eigenvalue weighted by atomic mass is 10.1. The lowest BCUT2D eigenvalue weighted by Crippen LogP contribution is -2.42. The predicted octanol–water partition coefficient (Wildman–Crippen LogP) is 1.71. The maximum atomic E-state index is 12.1. The molecule has 0 radical (unpaired) electrons. The topological polar surface area (TPSA) is 84.2 Å². The van der Waals surface area contributed by atoms with E-state index in [4.69, 9.17) is 5.73 Å². The maximum absolute atomic E-state index is 12.1. The molecule has 0 heterocycles. The third-order valence-corrected chi connectivity index (χ3v) is 2.99. The molecule has 0 aliphatic carbocycles. The van der Waals surface area contributed by atoms with E-state index in [0.717, 1.165) is 11.1 Å². The second kappa shape index (κ2) is 7.21. The van der Waals surface area contributed by atoms with Gasteiger partial charge in [-0.3, -0.25) is 15.4 Å². The molecule has 4 N–H and O–H groups in total. The van der Waals surface area contributed by atoms with Crippen LogP contribution in [0.3, 0.4) is 0 Å². The number of carbonyl (C=O) groups is 2. The average molecular weight is 283 g/mol. The Morgan fingerprint density at radius 1 is 0.952 bits per heavy atom. The third-order valence-electron chi connectivity index (χ3n) is 2.99. The van der Waals surface area contributed by atoms with Gasteiger partial charge in [0, 0.05) is 6.54 Å². The quantitative estimate of drug-likeness (QED) is 0.781. The van der Waals surface area contributed by atoms with Crippen LogP contribution >= 0.6 is 0 Å². The summed E-state index contributed by atoms with van der Waals surface area (Å²) in [6.45, 7) is 0.507. The molecule has 108 valence electrons. The van der Waals surface area contributed by atoms with Gasteiger partial charge in [-0.25, -0.2) is 4.79 Å². The number of rotatable bonds is 5. The first kappa shape index (κ1) is 14.7. The number of benzene rings is 2. The van der Waals surface area contributed by atoms with Crippen LogP contribution in [0.4, 0.5) is 4.79 Å². The highest BCUT2D eigenvalue weighted by Crippen LogP contribution is 2.13. The van der Waals surface area contributed by atoms with Crippen LogP contribution in [0.15, 0.2) is 60.7 Å². The van der Waals surface area contributed by atoms with Gasteiger partial charge in [0.25, 0.3) is 0 Å². The molecule has 0 saturated heterocycles. The fourth-order valence-electron chi connectivity index (χ4n) is 2.02. The summed E-state index contributed by atoms with van der Waals surface area (Å²) in [5.74, 6) is -0.468. The summed E-state index contributed by atoms with van der Waals surface area (Å²) < 4.78 is 0. The van der Waals surface area contributed by atoms with Gasteiger partial charge < -0.3 is 5.73 Å². The van der Waals surface area contributed by atoms with Gasteiger partial charge in [0.1, 0.15) is 6.04 Å². The number of urea groups is 1. The number of nitrogens with one attached hydrogen (secondary N) is 2. The molecule has 1 atom stereocenters. The SMILES string of the molecule is NC(=O)NC(=O)[C@@H](NCc1ccccc1)c1ccccc1. The molecule has 0 saturated carbocycles. The molecule has 0 fully saturated rings. The van der Waals surface area contributed by atoms with Crippen molar-refractivity contribution in [3.63, 3.8) is 0 Å². The zero-order chi connectivity index (χ0) is 15.1. The first-order valence-electron chi connectivity index (χ1n) is 6.59. The predicted molar refractivity (Wildman–Crippen MR) is 80.2 cm³/mol. The minimum Gasteiger partial charge on any atom is -0.351 e. The van der Waals surface area contributed by atoms with Crippen LogP contribution in [0.25, 0.3) is 0 Å². The molecule has 3 amide bonds. The minimum absolute atomic E-state index is 0.468. The van der Waals surface area contributed by atoms with Crippen LogP contribution < -0.4 is 16.4 Å². The van der Waals surface area contributed by atoms with Gasteiger partial charge >= 0.3 is 6.03 Å². The standard InChI is InChI=1S/C16H17N3O2/c17-16(21)19-15(20)14(13-9-5-2-6-10-13)18-11-12-7-3-1-4-8-12/h1-10,14,18H,11H2,(H3,17,19,20,21)/t14-/m0/s1. The lowest BCUT2D eigenvalue weighted by Gasteiger charge is -2.18. The van der Waals surface area contributed by atoms with E-state index in [1.165, 1.54) is 0 Å². The largest absolute Gasteiger partial charge is 0.351 e. The van der Waals surface area contributed by atoms with Crippen molar-refractivity contribution >= 4 is 11.9 Å². The Kier molecular flexibility index (Phi) is 5.06. The van der Waals surface area contributed by atoms with Crippen LogP contribution in [0.5, 0.6) is 0 Å². The van der Waals surface area contributed by atoms with Gasteiger partial charge in [0.15, 0.2) is 0 Å². The summed E-state index contributed by atoms with van der Waals surface area (Å²) in [5.41, 5.74) is 6.83. The fraction of sp³-hybridized carbons (Fsp3) is 0.125. The Hall–Kier alpha value is -2.66. The molecule has 21 heavy (non-hydrogen) atoms. The van der Waals surface area contributed by atoms with Gasteiger partial charge in [-0.15, -0.1) is 0 Å². The van der Waals surface area contributed by atoms with E-state index in [-0.39, 0.29) is 0 Å². The van der Waals surface area contributed by atoms with E-state index in [1.807, 2.05) is 60.7 Å². The second-order valence-electron chi connectivity index (χ2n) is 4.56. The number of hydrogen-bond donors (Lipinski definition) is 3. The van der Waals surface area contributed by atoms with Gasteiger partial charge in [0.2, 0.25) is 5.91 Å². The van der Waals surface area contributed by atoms with Crippen molar-refractivity contribution in [2.75, 3.05) is 0 Å². The summed E-state index contributed by atoms with van der Waals surface area (Å²) >= 11 is 0. The molecule has 2 aromatic carbocycles. The van der Waals surface area contributed by atoms with Crippen molar-refractivity contribution in [1.29, 1.82) is 0 Å². The Labute approximate surface area is 123 Å². The van der Waals surface area contributed by atoms with Crippen molar-refractivity contribution in [1.82, 2.24) is 10.6 Å². The normalized spacial score (nSPS) is 11.6. The molecular formula is C16H17N3O2. The number of imide groups is 1. The van der Waals surface area contributed by atoms with Crippen molar-refractivity contribution in [2.24, 2.45) is 5.73 Å².